The van der Waals surface area contributed by atoms with E-state index in [2.05, 4.69) is 15.5 Å². The van der Waals surface area contributed by atoms with Crippen molar-refractivity contribution in [3.05, 3.63) is 18.3 Å². The molecule has 0 aromatic carbocycles. The summed E-state index contributed by atoms with van der Waals surface area (Å²) in [5.41, 5.74) is 0. The Balaban J connectivity index is 2.07. The van der Waals surface area contributed by atoms with Crippen molar-refractivity contribution in [3.63, 3.8) is 0 Å². The summed E-state index contributed by atoms with van der Waals surface area (Å²) in [6.07, 6.45) is 3.61. The maximum Gasteiger partial charge on any atom is 0.307 e. The van der Waals surface area contributed by atoms with Gasteiger partial charge in [0.25, 0.3) is 0 Å². The Morgan fingerprint density at radius 3 is 2.74 bits per heavy atom. The molecular formula is C13H17N3O3. The van der Waals surface area contributed by atoms with Crippen molar-refractivity contribution < 1.29 is 14.7 Å². The Kier molecular flexibility index (Phi) is 4.09. The van der Waals surface area contributed by atoms with Crippen LogP contribution < -0.4 is 5.32 Å². The molecule has 0 radical (unpaired) electrons. The number of hydrogen-bond donors (Lipinski definition) is 2. The Bertz CT molecular complexity index is 463. The molecule has 1 amide bonds. The normalized spacial score (nSPS) is 26.1. The second-order valence-corrected chi connectivity index (χ2v) is 4.90. The molecule has 1 aromatic rings. The van der Waals surface area contributed by atoms with Crippen molar-refractivity contribution in [2.75, 3.05) is 5.32 Å². The van der Waals surface area contributed by atoms with Gasteiger partial charge in [-0.25, -0.2) is 0 Å². The average molecular weight is 263 g/mol. The van der Waals surface area contributed by atoms with E-state index in [0.717, 1.165) is 6.42 Å². The van der Waals surface area contributed by atoms with E-state index in [4.69, 9.17) is 0 Å². The fourth-order valence-electron chi connectivity index (χ4n) is 2.63. The predicted molar refractivity (Wildman–Crippen MR) is 68.3 cm³/mol. The number of aliphatic carboxylic acids is 1. The maximum absolute atomic E-state index is 12.1. The molecule has 1 heterocycles. The third-order valence-corrected chi connectivity index (χ3v) is 3.72. The summed E-state index contributed by atoms with van der Waals surface area (Å²) < 4.78 is 0. The first-order valence-electron chi connectivity index (χ1n) is 6.43. The average Bonchev–Trinajstić information content (AvgIpc) is 2.84. The number of hydrogen-bond acceptors (Lipinski definition) is 4. The molecule has 1 aliphatic rings. The van der Waals surface area contributed by atoms with Crippen molar-refractivity contribution in [3.8, 4) is 0 Å². The van der Waals surface area contributed by atoms with E-state index in [0.29, 0.717) is 24.6 Å². The number of carboxylic acid groups (broad SMARTS) is 1. The lowest BCUT2D eigenvalue weighted by atomic mass is 9.95. The zero-order valence-electron chi connectivity index (χ0n) is 10.7. The minimum absolute atomic E-state index is 0.274. The summed E-state index contributed by atoms with van der Waals surface area (Å²) in [7, 11) is 0. The molecule has 3 unspecified atom stereocenters. The molecule has 2 rings (SSSR count). The molecule has 1 aliphatic carbocycles. The highest BCUT2D eigenvalue weighted by Gasteiger charge is 2.42. The Labute approximate surface area is 111 Å². The van der Waals surface area contributed by atoms with Crippen molar-refractivity contribution in [1.82, 2.24) is 10.2 Å². The number of rotatable bonds is 4. The number of amides is 1. The smallest absolute Gasteiger partial charge is 0.307 e. The highest BCUT2D eigenvalue weighted by Crippen LogP contribution is 2.38. The van der Waals surface area contributed by atoms with Gasteiger partial charge in [0.1, 0.15) is 0 Å². The fourth-order valence-corrected chi connectivity index (χ4v) is 2.63. The van der Waals surface area contributed by atoms with Crippen LogP contribution in [0.15, 0.2) is 18.3 Å². The minimum atomic E-state index is -0.893. The predicted octanol–water partition coefficient (Wildman–Crippen LogP) is 1.55. The Morgan fingerprint density at radius 2 is 2.16 bits per heavy atom. The van der Waals surface area contributed by atoms with Crippen LogP contribution in [0.3, 0.4) is 0 Å². The largest absolute Gasteiger partial charge is 0.481 e. The number of carboxylic acids is 1. The molecular weight excluding hydrogens is 246 g/mol. The van der Waals surface area contributed by atoms with Crippen LogP contribution in [0.5, 0.6) is 0 Å². The summed E-state index contributed by atoms with van der Waals surface area (Å²) in [5.74, 6) is -1.58. The Morgan fingerprint density at radius 1 is 1.42 bits per heavy atom. The van der Waals surface area contributed by atoms with Crippen molar-refractivity contribution in [2.24, 2.45) is 17.8 Å². The number of aromatic nitrogens is 2. The SMILES string of the molecule is CCC1CC(C(=O)O)C(C(=O)Nc2cccnn2)C1. The first kappa shape index (κ1) is 13.5. The van der Waals surface area contributed by atoms with Gasteiger partial charge < -0.3 is 10.4 Å². The molecule has 0 saturated heterocycles. The van der Waals surface area contributed by atoms with Gasteiger partial charge in [0.15, 0.2) is 5.82 Å². The number of carbonyl (C=O) groups excluding carboxylic acids is 1. The molecule has 6 heteroatoms. The van der Waals surface area contributed by atoms with Gasteiger partial charge >= 0.3 is 5.97 Å². The van der Waals surface area contributed by atoms with Crippen LogP contribution in [-0.4, -0.2) is 27.2 Å². The number of carbonyl (C=O) groups is 2. The summed E-state index contributed by atoms with van der Waals surface area (Å²) in [5, 5.41) is 19.3. The lowest BCUT2D eigenvalue weighted by Gasteiger charge is -2.14. The summed E-state index contributed by atoms with van der Waals surface area (Å²) in [6.45, 7) is 2.02. The van der Waals surface area contributed by atoms with Crippen LogP contribution in [0, 0.1) is 17.8 Å². The van der Waals surface area contributed by atoms with Crippen LogP contribution in [-0.2, 0) is 9.59 Å². The quantitative estimate of drug-likeness (QED) is 0.859. The summed E-state index contributed by atoms with van der Waals surface area (Å²) >= 11 is 0. The molecule has 0 aliphatic heterocycles. The van der Waals surface area contributed by atoms with E-state index in [9.17, 15) is 14.7 Å². The van der Waals surface area contributed by atoms with Gasteiger partial charge in [-0.1, -0.05) is 13.3 Å². The van der Waals surface area contributed by atoms with Crippen LogP contribution in [0.25, 0.3) is 0 Å². The number of nitrogens with zero attached hydrogens (tertiary/aromatic N) is 2. The summed E-state index contributed by atoms with van der Waals surface area (Å²) in [6, 6.07) is 3.30. The molecule has 6 nitrogen and oxygen atoms in total. The van der Waals surface area contributed by atoms with Gasteiger partial charge in [0, 0.05) is 6.20 Å². The molecule has 0 bridgehead atoms. The number of anilines is 1. The molecule has 19 heavy (non-hydrogen) atoms. The maximum atomic E-state index is 12.1. The van der Waals surface area contributed by atoms with Crippen LogP contribution in [0.1, 0.15) is 26.2 Å². The van der Waals surface area contributed by atoms with E-state index in [1.807, 2.05) is 6.92 Å². The first-order valence-corrected chi connectivity index (χ1v) is 6.43. The van der Waals surface area contributed by atoms with Crippen LogP contribution in [0.4, 0.5) is 5.82 Å². The van der Waals surface area contributed by atoms with Gasteiger partial charge in [-0.15, -0.1) is 5.10 Å². The number of nitrogens with one attached hydrogen (secondary N) is 1. The second-order valence-electron chi connectivity index (χ2n) is 4.90. The molecule has 1 saturated carbocycles. The van der Waals surface area contributed by atoms with E-state index in [1.54, 1.807) is 12.1 Å². The van der Waals surface area contributed by atoms with Gasteiger partial charge in [0.2, 0.25) is 5.91 Å². The van der Waals surface area contributed by atoms with Gasteiger partial charge in [0.05, 0.1) is 11.8 Å². The third kappa shape index (κ3) is 3.07. The standard InChI is InChI=1S/C13H17N3O3/c1-2-8-6-9(10(7-8)13(18)19)12(17)15-11-4-3-5-14-16-11/h3-5,8-10H,2,6-7H2,1H3,(H,18,19)(H,15,16,17). The monoisotopic (exact) mass is 263 g/mol. The van der Waals surface area contributed by atoms with Gasteiger partial charge in [-0.3, -0.25) is 9.59 Å². The van der Waals surface area contributed by atoms with Crippen molar-refractivity contribution in [2.45, 2.75) is 26.2 Å². The van der Waals surface area contributed by atoms with Gasteiger partial charge in [-0.2, -0.15) is 5.10 Å². The van der Waals surface area contributed by atoms with E-state index in [-0.39, 0.29) is 5.91 Å². The Hall–Kier alpha value is -1.98. The first-order chi connectivity index (χ1) is 9.11. The van der Waals surface area contributed by atoms with E-state index in [1.165, 1.54) is 6.20 Å². The summed E-state index contributed by atoms with van der Waals surface area (Å²) in [4.78, 5) is 23.4. The molecule has 1 aromatic heterocycles. The van der Waals surface area contributed by atoms with Crippen LogP contribution >= 0.6 is 0 Å². The van der Waals surface area contributed by atoms with Crippen LogP contribution in [0.2, 0.25) is 0 Å². The lowest BCUT2D eigenvalue weighted by Crippen LogP contribution is -2.30. The van der Waals surface area contributed by atoms with E-state index >= 15 is 0 Å². The fraction of sp³-hybridized carbons (Fsp3) is 0.538. The molecule has 102 valence electrons. The minimum Gasteiger partial charge on any atom is -0.481 e. The molecule has 2 N–H and O–H groups in total. The highest BCUT2D eigenvalue weighted by molar-refractivity contribution is 5.94. The van der Waals surface area contributed by atoms with E-state index < -0.39 is 17.8 Å². The van der Waals surface area contributed by atoms with Gasteiger partial charge in [-0.05, 0) is 30.9 Å². The highest BCUT2D eigenvalue weighted by atomic mass is 16.4. The van der Waals surface area contributed by atoms with Crippen molar-refractivity contribution >= 4 is 17.7 Å². The molecule has 0 spiro atoms. The lowest BCUT2D eigenvalue weighted by molar-refractivity contribution is -0.145. The van der Waals surface area contributed by atoms with Crippen molar-refractivity contribution in [1.29, 1.82) is 0 Å². The molecule has 1 fully saturated rings. The second kappa shape index (κ2) is 5.77. The molecule has 3 atom stereocenters. The zero-order valence-corrected chi connectivity index (χ0v) is 10.7. The third-order valence-electron chi connectivity index (χ3n) is 3.72. The topological polar surface area (TPSA) is 92.2 Å². The zero-order chi connectivity index (χ0) is 13.8.